The topological polar surface area (TPSA) is 90.8 Å². The maximum atomic E-state index is 12.1. The van der Waals surface area contributed by atoms with E-state index in [0.717, 1.165) is 0 Å². The molecule has 1 heterocycles. The Hall–Kier alpha value is -2.28. The molecule has 0 fully saturated rings. The molecule has 0 amide bonds. The number of thiocarbonyl (C=S) groups is 1. The Morgan fingerprint density at radius 3 is 2.76 bits per heavy atom. The third-order valence-corrected chi connectivity index (χ3v) is 3.31. The molecule has 1 aliphatic rings. The van der Waals surface area contributed by atoms with Gasteiger partial charge in [0.05, 0.1) is 18.2 Å². The van der Waals surface area contributed by atoms with Crippen molar-refractivity contribution in [2.45, 2.75) is 19.9 Å². The second-order valence-corrected chi connectivity index (χ2v) is 4.94. The van der Waals surface area contributed by atoms with Crippen molar-refractivity contribution < 1.29 is 19.7 Å². The first-order valence-corrected chi connectivity index (χ1v) is 6.82. The van der Waals surface area contributed by atoms with Gasteiger partial charge < -0.3 is 25.6 Å². The molecule has 0 bridgehead atoms. The minimum Gasteiger partial charge on any atom is -0.508 e. The number of hydrogen-bond acceptors (Lipinski definition) is 5. The molecule has 0 saturated heterocycles. The smallest absolute Gasteiger partial charge is 0.338 e. The van der Waals surface area contributed by atoms with Gasteiger partial charge in [-0.3, -0.25) is 0 Å². The van der Waals surface area contributed by atoms with Crippen LogP contribution in [0.4, 0.5) is 0 Å². The van der Waals surface area contributed by atoms with Crippen molar-refractivity contribution in [2.75, 3.05) is 6.61 Å². The minimum absolute atomic E-state index is 0.0638. The number of allylic oxidation sites excluding steroid dienone is 1. The fraction of sp³-hybridized carbons (Fsp3) is 0.286. The van der Waals surface area contributed by atoms with Gasteiger partial charge in [0, 0.05) is 17.3 Å². The Morgan fingerprint density at radius 2 is 2.14 bits per heavy atom. The second kappa shape index (κ2) is 6.01. The lowest BCUT2D eigenvalue weighted by atomic mass is 9.95. The largest absolute Gasteiger partial charge is 0.508 e. The van der Waals surface area contributed by atoms with Gasteiger partial charge in [0.15, 0.2) is 5.11 Å². The number of aromatic hydroxyl groups is 2. The molecule has 1 aromatic carbocycles. The predicted octanol–water partition coefficient (Wildman–Crippen LogP) is 1.45. The summed E-state index contributed by atoms with van der Waals surface area (Å²) in [7, 11) is 0. The van der Waals surface area contributed by atoms with Gasteiger partial charge in [-0.05, 0) is 38.2 Å². The lowest BCUT2D eigenvalue weighted by Gasteiger charge is -2.30. The molecule has 1 aromatic rings. The van der Waals surface area contributed by atoms with Gasteiger partial charge in [-0.1, -0.05) is 0 Å². The van der Waals surface area contributed by atoms with E-state index in [2.05, 4.69) is 10.6 Å². The number of hydrogen-bond donors (Lipinski definition) is 4. The van der Waals surface area contributed by atoms with Crippen molar-refractivity contribution >= 4 is 23.3 Å². The van der Waals surface area contributed by atoms with Crippen LogP contribution in [-0.2, 0) is 9.53 Å². The number of esters is 1. The molecule has 1 aliphatic heterocycles. The average molecular weight is 308 g/mol. The molecular formula is C14H16N2O4S. The fourth-order valence-corrected chi connectivity index (χ4v) is 2.45. The third kappa shape index (κ3) is 3.08. The fourth-order valence-electron chi connectivity index (χ4n) is 2.18. The standard InChI is InChI=1S/C14H16N2O4S/c1-3-20-13(19)11-7(2)15-14(21)16-12(11)9-5-4-8(17)6-10(9)18/h4-6,12,17-18H,3H2,1-2H3,(H2,15,16,21). The molecule has 1 unspecified atom stereocenters. The van der Waals surface area contributed by atoms with E-state index in [4.69, 9.17) is 17.0 Å². The molecule has 2 rings (SSSR count). The van der Waals surface area contributed by atoms with Gasteiger partial charge in [0.1, 0.15) is 11.5 Å². The van der Waals surface area contributed by atoms with E-state index < -0.39 is 12.0 Å². The van der Waals surface area contributed by atoms with Crippen LogP contribution >= 0.6 is 12.2 Å². The highest BCUT2D eigenvalue weighted by molar-refractivity contribution is 7.80. The Balaban J connectivity index is 2.49. The van der Waals surface area contributed by atoms with Gasteiger partial charge in [-0.25, -0.2) is 4.79 Å². The first-order chi connectivity index (χ1) is 9.93. The summed E-state index contributed by atoms with van der Waals surface area (Å²) >= 11 is 5.09. The number of phenolic OH excluding ortho intramolecular Hbond substituents is 2. The second-order valence-electron chi connectivity index (χ2n) is 4.53. The summed E-state index contributed by atoms with van der Waals surface area (Å²) in [5.41, 5.74) is 1.33. The zero-order valence-corrected chi connectivity index (χ0v) is 12.5. The zero-order chi connectivity index (χ0) is 15.6. The molecule has 21 heavy (non-hydrogen) atoms. The summed E-state index contributed by atoms with van der Waals surface area (Å²) in [6.45, 7) is 3.67. The highest BCUT2D eigenvalue weighted by atomic mass is 32.1. The Morgan fingerprint density at radius 1 is 1.43 bits per heavy atom. The molecule has 6 nitrogen and oxygen atoms in total. The number of ether oxygens (including phenoxy) is 1. The van der Waals surface area contributed by atoms with Crippen LogP contribution in [0.3, 0.4) is 0 Å². The summed E-state index contributed by atoms with van der Waals surface area (Å²) in [6, 6.07) is 3.53. The van der Waals surface area contributed by atoms with Crippen molar-refractivity contribution in [1.29, 1.82) is 0 Å². The molecule has 112 valence electrons. The van der Waals surface area contributed by atoms with Crippen molar-refractivity contribution in [3.63, 3.8) is 0 Å². The van der Waals surface area contributed by atoms with Crippen LogP contribution in [-0.4, -0.2) is 27.9 Å². The van der Waals surface area contributed by atoms with Gasteiger partial charge in [0.25, 0.3) is 0 Å². The summed E-state index contributed by atoms with van der Waals surface area (Å²) in [4.78, 5) is 12.1. The number of nitrogens with one attached hydrogen (secondary N) is 2. The summed E-state index contributed by atoms with van der Waals surface area (Å²) in [6.07, 6.45) is 0. The lowest BCUT2D eigenvalue weighted by Crippen LogP contribution is -2.45. The highest BCUT2D eigenvalue weighted by Crippen LogP contribution is 2.34. The molecule has 0 spiro atoms. The van der Waals surface area contributed by atoms with Crippen LogP contribution in [0.25, 0.3) is 0 Å². The molecule has 0 aliphatic carbocycles. The summed E-state index contributed by atoms with van der Waals surface area (Å²) in [5.74, 6) is -0.687. The number of carbonyl (C=O) groups excluding carboxylic acids is 1. The van der Waals surface area contributed by atoms with E-state index in [1.807, 2.05) is 0 Å². The molecular weight excluding hydrogens is 292 g/mol. The van der Waals surface area contributed by atoms with Crippen LogP contribution in [0.1, 0.15) is 25.5 Å². The minimum atomic E-state index is -0.640. The third-order valence-electron chi connectivity index (χ3n) is 3.09. The Kier molecular flexibility index (Phi) is 4.32. The number of rotatable bonds is 3. The van der Waals surface area contributed by atoms with Crippen molar-refractivity contribution in [3.8, 4) is 11.5 Å². The van der Waals surface area contributed by atoms with Crippen LogP contribution < -0.4 is 10.6 Å². The van der Waals surface area contributed by atoms with Crippen molar-refractivity contribution in [1.82, 2.24) is 10.6 Å². The molecule has 4 N–H and O–H groups in total. The Labute approximate surface area is 127 Å². The van der Waals surface area contributed by atoms with Crippen LogP contribution in [0, 0.1) is 0 Å². The van der Waals surface area contributed by atoms with Gasteiger partial charge in [-0.2, -0.15) is 0 Å². The van der Waals surface area contributed by atoms with Crippen LogP contribution in [0.2, 0.25) is 0 Å². The van der Waals surface area contributed by atoms with Gasteiger partial charge in [0.2, 0.25) is 0 Å². The highest BCUT2D eigenvalue weighted by Gasteiger charge is 2.32. The summed E-state index contributed by atoms with van der Waals surface area (Å²) in [5, 5.41) is 25.5. The Bertz CT molecular complexity index is 627. The maximum Gasteiger partial charge on any atom is 0.338 e. The van der Waals surface area contributed by atoms with Crippen LogP contribution in [0.5, 0.6) is 11.5 Å². The number of carbonyl (C=O) groups is 1. The molecule has 0 radical (unpaired) electrons. The quantitative estimate of drug-likeness (QED) is 0.496. The van der Waals surface area contributed by atoms with Crippen molar-refractivity contribution in [3.05, 3.63) is 35.0 Å². The first-order valence-electron chi connectivity index (χ1n) is 6.41. The SMILES string of the molecule is CCOC(=O)C1=C(C)NC(=S)NC1c1ccc(O)cc1O. The van der Waals surface area contributed by atoms with E-state index in [-0.39, 0.29) is 18.1 Å². The van der Waals surface area contributed by atoms with E-state index >= 15 is 0 Å². The summed E-state index contributed by atoms with van der Waals surface area (Å²) < 4.78 is 5.05. The first kappa shape index (κ1) is 15.1. The molecule has 0 saturated carbocycles. The van der Waals surface area contributed by atoms with E-state index in [1.165, 1.54) is 18.2 Å². The average Bonchev–Trinajstić information content (AvgIpc) is 2.37. The monoisotopic (exact) mass is 308 g/mol. The molecule has 0 aromatic heterocycles. The normalized spacial score (nSPS) is 18.0. The van der Waals surface area contributed by atoms with E-state index in [1.54, 1.807) is 13.8 Å². The predicted molar refractivity (Wildman–Crippen MR) is 80.7 cm³/mol. The van der Waals surface area contributed by atoms with Gasteiger partial charge in [-0.15, -0.1) is 0 Å². The van der Waals surface area contributed by atoms with Crippen LogP contribution in [0.15, 0.2) is 29.5 Å². The van der Waals surface area contributed by atoms with Gasteiger partial charge >= 0.3 is 5.97 Å². The molecule has 7 heteroatoms. The van der Waals surface area contributed by atoms with Crippen molar-refractivity contribution in [2.24, 2.45) is 0 Å². The zero-order valence-electron chi connectivity index (χ0n) is 11.6. The molecule has 1 atom stereocenters. The number of phenols is 2. The lowest BCUT2D eigenvalue weighted by molar-refractivity contribution is -0.139. The maximum absolute atomic E-state index is 12.1. The van der Waals surface area contributed by atoms with E-state index in [9.17, 15) is 15.0 Å². The number of benzene rings is 1. The van der Waals surface area contributed by atoms with E-state index in [0.29, 0.717) is 21.9 Å².